The van der Waals surface area contributed by atoms with E-state index in [1.54, 1.807) is 25.1 Å². The van der Waals surface area contributed by atoms with Crippen LogP contribution in [0.15, 0.2) is 30.3 Å². The van der Waals surface area contributed by atoms with E-state index in [0.717, 1.165) is 4.31 Å². The second-order valence-electron chi connectivity index (χ2n) is 4.11. The van der Waals surface area contributed by atoms with Crippen LogP contribution in [0.3, 0.4) is 0 Å². The van der Waals surface area contributed by atoms with Crippen LogP contribution in [0.2, 0.25) is 0 Å². The van der Waals surface area contributed by atoms with Gasteiger partial charge in [0.25, 0.3) is 0 Å². The van der Waals surface area contributed by atoms with Gasteiger partial charge in [-0.2, -0.15) is 0 Å². The largest absolute Gasteiger partial charge is 0.480 e. The Morgan fingerprint density at radius 1 is 1.24 bits per heavy atom. The van der Waals surface area contributed by atoms with Gasteiger partial charge < -0.3 is 9.84 Å². The quantitative estimate of drug-likeness (QED) is 0.714. The molecule has 0 unspecified atom stereocenters. The molecular formula is C13H17NO6S. The van der Waals surface area contributed by atoms with Crippen molar-refractivity contribution in [1.82, 2.24) is 0 Å². The molecule has 0 amide bonds. The van der Waals surface area contributed by atoms with E-state index in [1.807, 2.05) is 0 Å². The van der Waals surface area contributed by atoms with Gasteiger partial charge in [-0.25, -0.2) is 8.42 Å². The second kappa shape index (κ2) is 7.63. The van der Waals surface area contributed by atoms with Crippen LogP contribution in [0.5, 0.6) is 0 Å². The number of carboxylic acid groups (broad SMARTS) is 1. The van der Waals surface area contributed by atoms with E-state index in [-0.39, 0.29) is 18.7 Å². The Balaban J connectivity index is 2.91. The third kappa shape index (κ3) is 5.42. The summed E-state index contributed by atoms with van der Waals surface area (Å²) in [4.78, 5) is 22.1. The number of ether oxygens (including phenoxy) is 1. The highest BCUT2D eigenvalue weighted by atomic mass is 32.2. The predicted molar refractivity (Wildman–Crippen MR) is 76.5 cm³/mol. The number of anilines is 1. The third-order valence-electron chi connectivity index (χ3n) is 2.53. The molecule has 8 heteroatoms. The standard InChI is InChI=1S/C13H17NO6S/c1-2-20-13(17)8-9-21(18,19)14(10-12(15)16)11-6-4-3-5-7-11/h3-7H,2,8-10H2,1H3,(H,15,16). The first kappa shape index (κ1) is 17.0. The normalized spacial score (nSPS) is 10.9. The molecule has 1 aromatic rings. The number of carboxylic acids is 1. The van der Waals surface area contributed by atoms with Gasteiger partial charge in [0.1, 0.15) is 6.54 Å². The van der Waals surface area contributed by atoms with E-state index in [9.17, 15) is 18.0 Å². The molecule has 7 nitrogen and oxygen atoms in total. The van der Waals surface area contributed by atoms with Gasteiger partial charge in [0.15, 0.2) is 0 Å². The number of carbonyl (C=O) groups is 2. The molecule has 0 radical (unpaired) electrons. The minimum atomic E-state index is -3.93. The summed E-state index contributed by atoms with van der Waals surface area (Å²) < 4.78 is 29.9. The summed E-state index contributed by atoms with van der Waals surface area (Å²) in [6.07, 6.45) is -0.320. The van der Waals surface area contributed by atoms with Crippen molar-refractivity contribution in [3.8, 4) is 0 Å². The van der Waals surface area contributed by atoms with E-state index in [2.05, 4.69) is 4.74 Å². The van der Waals surface area contributed by atoms with Crippen molar-refractivity contribution < 1.29 is 27.9 Å². The molecule has 0 bridgehead atoms. The van der Waals surface area contributed by atoms with Gasteiger partial charge in [-0.1, -0.05) is 18.2 Å². The monoisotopic (exact) mass is 315 g/mol. The highest BCUT2D eigenvalue weighted by Crippen LogP contribution is 2.18. The van der Waals surface area contributed by atoms with Crippen LogP contribution in [0.4, 0.5) is 5.69 Å². The second-order valence-corrected chi connectivity index (χ2v) is 6.12. The molecule has 0 aliphatic heterocycles. The Morgan fingerprint density at radius 2 is 1.86 bits per heavy atom. The maximum Gasteiger partial charge on any atom is 0.324 e. The molecule has 0 spiro atoms. The number of esters is 1. The Hall–Kier alpha value is -2.09. The van der Waals surface area contributed by atoms with Gasteiger partial charge in [0.05, 0.1) is 24.5 Å². The molecule has 0 saturated carbocycles. The first-order chi connectivity index (χ1) is 9.86. The lowest BCUT2D eigenvalue weighted by Crippen LogP contribution is -2.37. The van der Waals surface area contributed by atoms with Crippen molar-refractivity contribution in [1.29, 1.82) is 0 Å². The average Bonchev–Trinajstić information content (AvgIpc) is 2.44. The van der Waals surface area contributed by atoms with Crippen molar-refractivity contribution in [2.45, 2.75) is 13.3 Å². The molecule has 0 aliphatic rings. The van der Waals surface area contributed by atoms with Gasteiger partial charge >= 0.3 is 11.9 Å². The van der Waals surface area contributed by atoms with Gasteiger partial charge in [0.2, 0.25) is 10.0 Å². The van der Waals surface area contributed by atoms with Crippen molar-refractivity contribution >= 4 is 27.6 Å². The molecule has 21 heavy (non-hydrogen) atoms. The van der Waals surface area contributed by atoms with Crippen molar-refractivity contribution in [2.75, 3.05) is 23.2 Å². The Morgan fingerprint density at radius 3 is 2.38 bits per heavy atom. The number of sulfonamides is 1. The van der Waals surface area contributed by atoms with Crippen LogP contribution in [0, 0.1) is 0 Å². The number of hydrogen-bond acceptors (Lipinski definition) is 5. The summed E-state index contributed by atoms with van der Waals surface area (Å²) in [5.74, 6) is -2.42. The maximum absolute atomic E-state index is 12.2. The summed E-state index contributed by atoms with van der Waals surface area (Å²) in [7, 11) is -3.93. The van der Waals surface area contributed by atoms with Crippen LogP contribution in [-0.2, 0) is 24.3 Å². The van der Waals surface area contributed by atoms with Crippen LogP contribution in [0.25, 0.3) is 0 Å². The van der Waals surface area contributed by atoms with E-state index < -0.39 is 34.3 Å². The van der Waals surface area contributed by atoms with Gasteiger partial charge in [0, 0.05) is 0 Å². The fourth-order valence-corrected chi connectivity index (χ4v) is 3.02. The summed E-state index contributed by atoms with van der Waals surface area (Å²) in [6, 6.07) is 7.87. The molecule has 0 aliphatic carbocycles. The molecule has 116 valence electrons. The molecule has 0 fully saturated rings. The molecular weight excluding hydrogens is 298 g/mol. The van der Waals surface area contributed by atoms with E-state index in [4.69, 9.17) is 5.11 Å². The number of para-hydroxylation sites is 1. The molecule has 0 saturated heterocycles. The molecule has 0 atom stereocenters. The number of aliphatic carboxylic acids is 1. The number of rotatable bonds is 8. The first-order valence-corrected chi connectivity index (χ1v) is 7.90. The highest BCUT2D eigenvalue weighted by molar-refractivity contribution is 7.92. The lowest BCUT2D eigenvalue weighted by atomic mass is 10.3. The lowest BCUT2D eigenvalue weighted by Gasteiger charge is -2.22. The number of carbonyl (C=O) groups excluding carboxylic acids is 1. The summed E-state index contributed by atoms with van der Waals surface area (Å²) in [6.45, 7) is 1.08. The van der Waals surface area contributed by atoms with Gasteiger partial charge in [-0.15, -0.1) is 0 Å². The molecule has 0 aromatic heterocycles. The van der Waals surface area contributed by atoms with Crippen LogP contribution < -0.4 is 4.31 Å². The summed E-state index contributed by atoms with van der Waals surface area (Å²) in [5.41, 5.74) is 0.240. The Labute approximate surface area is 123 Å². The predicted octanol–water partition coefficient (Wildman–Crippen LogP) is 0.861. The molecule has 0 heterocycles. The van der Waals surface area contributed by atoms with Crippen molar-refractivity contribution in [2.24, 2.45) is 0 Å². The zero-order chi connectivity index (χ0) is 15.9. The lowest BCUT2D eigenvalue weighted by molar-refractivity contribution is -0.142. The topological polar surface area (TPSA) is 101 Å². The number of hydrogen-bond donors (Lipinski definition) is 1. The maximum atomic E-state index is 12.2. The fourth-order valence-electron chi connectivity index (χ4n) is 1.62. The average molecular weight is 315 g/mol. The van der Waals surface area contributed by atoms with E-state index in [0.29, 0.717) is 0 Å². The summed E-state index contributed by atoms with van der Waals surface area (Å²) >= 11 is 0. The van der Waals surface area contributed by atoms with Gasteiger partial charge in [-0.3, -0.25) is 13.9 Å². The zero-order valence-electron chi connectivity index (χ0n) is 11.6. The van der Waals surface area contributed by atoms with Crippen LogP contribution in [-0.4, -0.2) is 44.4 Å². The fraction of sp³-hybridized carbons (Fsp3) is 0.385. The number of benzene rings is 1. The minimum absolute atomic E-state index is 0.163. The van der Waals surface area contributed by atoms with E-state index in [1.165, 1.54) is 12.1 Å². The van der Waals surface area contributed by atoms with Crippen LogP contribution >= 0.6 is 0 Å². The molecule has 1 aromatic carbocycles. The Bertz CT molecular complexity index is 584. The third-order valence-corrected chi connectivity index (χ3v) is 4.26. The number of nitrogens with zero attached hydrogens (tertiary/aromatic N) is 1. The minimum Gasteiger partial charge on any atom is -0.480 e. The first-order valence-electron chi connectivity index (χ1n) is 6.29. The van der Waals surface area contributed by atoms with Gasteiger partial charge in [-0.05, 0) is 19.1 Å². The Kier molecular flexibility index (Phi) is 6.16. The smallest absolute Gasteiger partial charge is 0.324 e. The van der Waals surface area contributed by atoms with Crippen LogP contribution in [0.1, 0.15) is 13.3 Å². The SMILES string of the molecule is CCOC(=O)CCS(=O)(=O)N(CC(=O)O)c1ccccc1. The van der Waals surface area contributed by atoms with E-state index >= 15 is 0 Å². The summed E-state index contributed by atoms with van der Waals surface area (Å²) in [5, 5.41) is 8.87. The zero-order valence-corrected chi connectivity index (χ0v) is 12.4. The molecule has 1 rings (SSSR count). The highest BCUT2D eigenvalue weighted by Gasteiger charge is 2.25. The van der Waals surface area contributed by atoms with Crippen molar-refractivity contribution in [3.63, 3.8) is 0 Å². The van der Waals surface area contributed by atoms with Crippen molar-refractivity contribution in [3.05, 3.63) is 30.3 Å². The molecule has 1 N–H and O–H groups in total.